The van der Waals surface area contributed by atoms with Gasteiger partial charge < -0.3 is 19.8 Å². The summed E-state index contributed by atoms with van der Waals surface area (Å²) in [5.41, 5.74) is 1.75. The normalized spacial score (nSPS) is 10.6. The zero-order valence-electron chi connectivity index (χ0n) is 17.1. The van der Waals surface area contributed by atoms with Gasteiger partial charge >= 0.3 is 0 Å². The van der Waals surface area contributed by atoms with Crippen molar-refractivity contribution < 1.29 is 18.7 Å². The summed E-state index contributed by atoms with van der Waals surface area (Å²) < 4.78 is 11.0. The van der Waals surface area contributed by atoms with E-state index in [1.165, 1.54) is 7.11 Å². The highest BCUT2D eigenvalue weighted by molar-refractivity contribution is 6.42. The Kier molecular flexibility index (Phi) is 7.60. The zero-order valence-corrected chi connectivity index (χ0v) is 18.6. The van der Waals surface area contributed by atoms with Crippen molar-refractivity contribution in [2.24, 2.45) is 0 Å². The third-order valence-corrected chi connectivity index (χ3v) is 5.26. The molecule has 8 heteroatoms. The number of amides is 2. The van der Waals surface area contributed by atoms with Crippen molar-refractivity contribution in [3.8, 4) is 17.1 Å². The maximum Gasteiger partial charge on any atom is 0.291 e. The van der Waals surface area contributed by atoms with Crippen molar-refractivity contribution in [2.45, 2.75) is 26.2 Å². The third-order valence-electron chi connectivity index (χ3n) is 4.52. The molecular weight excluding hydrogens is 439 g/mol. The monoisotopic (exact) mass is 460 g/mol. The molecule has 0 spiro atoms. The van der Waals surface area contributed by atoms with E-state index >= 15 is 0 Å². The first kappa shape index (κ1) is 22.7. The third kappa shape index (κ3) is 5.81. The van der Waals surface area contributed by atoms with Crippen molar-refractivity contribution in [2.75, 3.05) is 17.7 Å². The maximum absolute atomic E-state index is 12.6. The van der Waals surface area contributed by atoms with Crippen molar-refractivity contribution in [3.63, 3.8) is 0 Å². The number of hydrogen-bond acceptors (Lipinski definition) is 4. The SMILES string of the molecule is CCCCC(=O)Nc1ccc(NC(=O)c2ccc(-c3ccc(Cl)c(Cl)c3)o2)cc1OC. The van der Waals surface area contributed by atoms with Crippen LogP contribution < -0.4 is 15.4 Å². The fourth-order valence-corrected chi connectivity index (χ4v) is 3.18. The second-order valence-electron chi connectivity index (χ2n) is 6.81. The Morgan fingerprint density at radius 2 is 1.81 bits per heavy atom. The number of carbonyl (C=O) groups is 2. The minimum atomic E-state index is -0.423. The number of methoxy groups -OCH3 is 1. The molecule has 0 aliphatic rings. The number of hydrogen-bond donors (Lipinski definition) is 2. The molecule has 0 radical (unpaired) electrons. The summed E-state index contributed by atoms with van der Waals surface area (Å²) in [4.78, 5) is 24.6. The first-order valence-electron chi connectivity index (χ1n) is 9.75. The number of ether oxygens (including phenoxy) is 1. The lowest BCUT2D eigenvalue weighted by Gasteiger charge is -2.12. The van der Waals surface area contributed by atoms with Crippen LogP contribution in [0.25, 0.3) is 11.3 Å². The predicted octanol–water partition coefficient (Wildman–Crippen LogP) is 6.64. The molecule has 3 rings (SSSR count). The Morgan fingerprint density at radius 3 is 2.52 bits per heavy atom. The first-order valence-corrected chi connectivity index (χ1v) is 10.5. The molecule has 0 bridgehead atoms. The molecule has 0 fully saturated rings. The van der Waals surface area contributed by atoms with Crippen LogP contribution in [-0.4, -0.2) is 18.9 Å². The maximum atomic E-state index is 12.6. The van der Waals surface area contributed by atoms with Crippen LogP contribution in [0.15, 0.2) is 52.9 Å². The minimum Gasteiger partial charge on any atom is -0.494 e. The highest BCUT2D eigenvalue weighted by Crippen LogP contribution is 2.31. The molecule has 1 heterocycles. The quantitative estimate of drug-likeness (QED) is 0.394. The van der Waals surface area contributed by atoms with Gasteiger partial charge in [-0.15, -0.1) is 0 Å². The fourth-order valence-electron chi connectivity index (χ4n) is 2.88. The number of nitrogens with one attached hydrogen (secondary N) is 2. The predicted molar refractivity (Wildman–Crippen MR) is 123 cm³/mol. The van der Waals surface area contributed by atoms with Crippen LogP contribution in [0.2, 0.25) is 10.0 Å². The smallest absolute Gasteiger partial charge is 0.291 e. The number of furan rings is 1. The van der Waals surface area contributed by atoms with Crippen LogP contribution in [0.4, 0.5) is 11.4 Å². The van der Waals surface area contributed by atoms with Crippen LogP contribution in [0.5, 0.6) is 5.75 Å². The summed E-state index contributed by atoms with van der Waals surface area (Å²) in [5, 5.41) is 6.42. The van der Waals surface area contributed by atoms with Gasteiger partial charge in [0.2, 0.25) is 5.91 Å². The van der Waals surface area contributed by atoms with Gasteiger partial charge in [-0.1, -0.05) is 36.5 Å². The average molecular weight is 461 g/mol. The zero-order chi connectivity index (χ0) is 22.4. The van der Waals surface area contributed by atoms with E-state index in [1.54, 1.807) is 48.5 Å². The summed E-state index contributed by atoms with van der Waals surface area (Å²) in [6.07, 6.45) is 2.20. The van der Waals surface area contributed by atoms with Crippen molar-refractivity contribution >= 4 is 46.4 Å². The van der Waals surface area contributed by atoms with Gasteiger partial charge in [-0.25, -0.2) is 0 Å². The van der Waals surface area contributed by atoms with Gasteiger partial charge in [0.1, 0.15) is 11.5 Å². The molecule has 0 saturated carbocycles. The highest BCUT2D eigenvalue weighted by Gasteiger charge is 2.15. The van der Waals surface area contributed by atoms with Crippen LogP contribution in [0.3, 0.4) is 0 Å². The second-order valence-corrected chi connectivity index (χ2v) is 7.63. The standard InChI is InChI=1S/C23H22Cl2N2O4/c1-3-4-5-22(28)27-18-9-7-15(13-21(18)30-2)26-23(29)20-11-10-19(31-20)14-6-8-16(24)17(25)12-14/h6-13H,3-5H2,1-2H3,(H,26,29)(H,27,28). The molecule has 0 saturated heterocycles. The lowest BCUT2D eigenvalue weighted by Crippen LogP contribution is -2.13. The summed E-state index contributed by atoms with van der Waals surface area (Å²) >= 11 is 12.0. The minimum absolute atomic E-state index is 0.0812. The number of benzene rings is 2. The molecule has 0 unspecified atom stereocenters. The van der Waals surface area contributed by atoms with E-state index in [4.69, 9.17) is 32.4 Å². The molecule has 0 atom stereocenters. The average Bonchev–Trinajstić information content (AvgIpc) is 3.25. The van der Waals surface area contributed by atoms with E-state index in [-0.39, 0.29) is 11.7 Å². The lowest BCUT2D eigenvalue weighted by molar-refractivity contribution is -0.116. The van der Waals surface area contributed by atoms with Crippen LogP contribution >= 0.6 is 23.2 Å². The molecule has 2 amide bonds. The summed E-state index contributed by atoms with van der Waals surface area (Å²) in [7, 11) is 1.50. The Bertz CT molecular complexity index is 1090. The van der Waals surface area contributed by atoms with Crippen molar-refractivity contribution in [1.82, 2.24) is 0 Å². The molecule has 0 aliphatic carbocycles. The second kappa shape index (κ2) is 10.4. The number of halogens is 2. The molecule has 2 N–H and O–H groups in total. The van der Waals surface area contributed by atoms with E-state index in [0.717, 1.165) is 12.8 Å². The van der Waals surface area contributed by atoms with Crippen LogP contribution in [0.1, 0.15) is 36.7 Å². The van der Waals surface area contributed by atoms with Crippen molar-refractivity contribution in [1.29, 1.82) is 0 Å². The van der Waals surface area contributed by atoms with Gasteiger partial charge in [-0.05, 0) is 48.9 Å². The Balaban J connectivity index is 1.71. The summed E-state index contributed by atoms with van der Waals surface area (Å²) in [6.45, 7) is 2.03. The number of rotatable bonds is 8. The topological polar surface area (TPSA) is 80.6 Å². The number of anilines is 2. The van der Waals surface area contributed by atoms with Gasteiger partial charge in [0.05, 0.1) is 22.8 Å². The Morgan fingerprint density at radius 1 is 1.00 bits per heavy atom. The molecule has 3 aromatic rings. The van der Waals surface area contributed by atoms with Crippen LogP contribution in [-0.2, 0) is 4.79 Å². The number of carbonyl (C=O) groups excluding carboxylic acids is 2. The van der Waals surface area contributed by atoms with E-state index in [0.29, 0.717) is 44.9 Å². The molecule has 6 nitrogen and oxygen atoms in total. The molecular formula is C23H22Cl2N2O4. The summed E-state index contributed by atoms with van der Waals surface area (Å²) in [5.74, 6) is 0.567. The van der Waals surface area contributed by atoms with Gasteiger partial charge in [0.25, 0.3) is 5.91 Å². The Labute approximate surface area is 190 Å². The van der Waals surface area contributed by atoms with E-state index in [9.17, 15) is 9.59 Å². The molecule has 2 aromatic carbocycles. The van der Waals surface area contributed by atoms with Gasteiger partial charge in [0, 0.05) is 23.7 Å². The highest BCUT2D eigenvalue weighted by atomic mass is 35.5. The Hall–Kier alpha value is -2.96. The van der Waals surface area contributed by atoms with E-state index in [2.05, 4.69) is 10.6 Å². The fraction of sp³-hybridized carbons (Fsp3) is 0.217. The lowest BCUT2D eigenvalue weighted by atomic mass is 10.2. The van der Waals surface area contributed by atoms with E-state index < -0.39 is 5.91 Å². The van der Waals surface area contributed by atoms with Crippen molar-refractivity contribution in [3.05, 3.63) is 64.3 Å². The van der Waals surface area contributed by atoms with E-state index in [1.807, 2.05) is 6.92 Å². The molecule has 31 heavy (non-hydrogen) atoms. The molecule has 1 aromatic heterocycles. The van der Waals surface area contributed by atoms with Crippen LogP contribution in [0, 0.1) is 0 Å². The van der Waals surface area contributed by atoms with Gasteiger partial charge in [-0.2, -0.15) is 0 Å². The largest absolute Gasteiger partial charge is 0.494 e. The van der Waals surface area contributed by atoms with Gasteiger partial charge in [0.15, 0.2) is 5.76 Å². The molecule has 0 aliphatic heterocycles. The van der Waals surface area contributed by atoms with Gasteiger partial charge in [-0.3, -0.25) is 9.59 Å². The molecule has 162 valence electrons. The summed E-state index contributed by atoms with van der Waals surface area (Å²) in [6, 6.07) is 13.3. The number of unbranched alkanes of at least 4 members (excludes halogenated alkanes) is 1. The first-order chi connectivity index (χ1) is 14.9.